The van der Waals surface area contributed by atoms with E-state index in [9.17, 15) is 9.90 Å². The van der Waals surface area contributed by atoms with Gasteiger partial charge in [0, 0.05) is 17.1 Å². The Balaban J connectivity index is 1.67. The topological polar surface area (TPSA) is 61.4 Å². The molecule has 2 aromatic rings. The molecule has 126 valence electrons. The third kappa shape index (κ3) is 3.78. The zero-order chi connectivity index (χ0) is 17.1. The van der Waals surface area contributed by atoms with Crippen molar-refractivity contribution < 1.29 is 9.90 Å². The van der Waals surface area contributed by atoms with Crippen LogP contribution in [0.15, 0.2) is 48.5 Å². The Bertz CT molecular complexity index is 718. The zero-order valence-electron chi connectivity index (χ0n) is 13.5. The van der Waals surface area contributed by atoms with Crippen molar-refractivity contribution in [1.29, 1.82) is 0 Å². The van der Waals surface area contributed by atoms with Crippen molar-refractivity contribution in [1.82, 2.24) is 10.6 Å². The maximum absolute atomic E-state index is 12.2. The SMILES string of the molecule is C[C@H](NC(=O)[C@@H]1C[C@@H](O)CN1)c1ccc(-c2ccccc2Cl)cc1. The van der Waals surface area contributed by atoms with Crippen molar-refractivity contribution >= 4 is 17.5 Å². The summed E-state index contributed by atoms with van der Waals surface area (Å²) in [5.41, 5.74) is 3.06. The van der Waals surface area contributed by atoms with Crippen LogP contribution in [-0.2, 0) is 4.79 Å². The number of nitrogens with one attached hydrogen (secondary N) is 2. The summed E-state index contributed by atoms with van der Waals surface area (Å²) >= 11 is 6.23. The summed E-state index contributed by atoms with van der Waals surface area (Å²) < 4.78 is 0. The molecule has 0 spiro atoms. The van der Waals surface area contributed by atoms with Gasteiger partial charge >= 0.3 is 0 Å². The average Bonchev–Trinajstić information content (AvgIpc) is 3.02. The lowest BCUT2D eigenvalue weighted by Crippen LogP contribution is -2.41. The standard InChI is InChI=1S/C19H21ClN2O2/c1-12(22-19(24)18-10-15(23)11-21-18)13-6-8-14(9-7-13)16-4-2-3-5-17(16)20/h2-9,12,15,18,21,23H,10-11H2,1H3,(H,22,24)/t12-,15+,18-/m0/s1. The van der Waals surface area contributed by atoms with Gasteiger partial charge in [0.05, 0.1) is 18.2 Å². The first-order chi connectivity index (χ1) is 11.5. The highest BCUT2D eigenvalue weighted by Crippen LogP contribution is 2.28. The number of carbonyl (C=O) groups excluding carboxylic acids is 1. The van der Waals surface area contributed by atoms with E-state index in [1.807, 2.05) is 55.5 Å². The van der Waals surface area contributed by atoms with E-state index in [1.165, 1.54) is 0 Å². The van der Waals surface area contributed by atoms with E-state index in [-0.39, 0.29) is 18.0 Å². The maximum Gasteiger partial charge on any atom is 0.237 e. The average molecular weight is 345 g/mol. The quantitative estimate of drug-likeness (QED) is 0.799. The molecule has 24 heavy (non-hydrogen) atoms. The Morgan fingerprint density at radius 1 is 1.25 bits per heavy atom. The smallest absolute Gasteiger partial charge is 0.237 e. The minimum Gasteiger partial charge on any atom is -0.392 e. The summed E-state index contributed by atoms with van der Waals surface area (Å²) in [6.45, 7) is 2.42. The molecule has 2 aromatic carbocycles. The van der Waals surface area contributed by atoms with Gasteiger partial charge < -0.3 is 15.7 Å². The molecule has 1 heterocycles. The van der Waals surface area contributed by atoms with Crippen molar-refractivity contribution in [2.45, 2.75) is 31.5 Å². The lowest BCUT2D eigenvalue weighted by molar-refractivity contribution is -0.123. The van der Waals surface area contributed by atoms with Crippen molar-refractivity contribution in [2.75, 3.05) is 6.54 Å². The number of aliphatic hydroxyl groups excluding tert-OH is 1. The van der Waals surface area contributed by atoms with Crippen LogP contribution in [-0.4, -0.2) is 29.7 Å². The van der Waals surface area contributed by atoms with Crippen molar-refractivity contribution in [3.8, 4) is 11.1 Å². The second-order valence-electron chi connectivity index (χ2n) is 6.18. The number of hydrogen-bond acceptors (Lipinski definition) is 3. The predicted octanol–water partition coefficient (Wildman–Crippen LogP) is 2.91. The molecule has 4 nitrogen and oxygen atoms in total. The van der Waals surface area contributed by atoms with Crippen LogP contribution in [0.4, 0.5) is 0 Å². The van der Waals surface area contributed by atoms with Gasteiger partial charge in [0.15, 0.2) is 0 Å². The summed E-state index contributed by atoms with van der Waals surface area (Å²) in [6.07, 6.45) is 0.0234. The second kappa shape index (κ2) is 7.34. The van der Waals surface area contributed by atoms with E-state index >= 15 is 0 Å². The molecule has 1 saturated heterocycles. The monoisotopic (exact) mass is 344 g/mol. The lowest BCUT2D eigenvalue weighted by atomic mass is 10.0. The summed E-state index contributed by atoms with van der Waals surface area (Å²) in [6, 6.07) is 15.3. The molecular weight excluding hydrogens is 324 g/mol. The van der Waals surface area contributed by atoms with Gasteiger partial charge in [-0.05, 0) is 30.5 Å². The number of carbonyl (C=O) groups is 1. The van der Waals surface area contributed by atoms with Crippen molar-refractivity contribution in [3.05, 3.63) is 59.1 Å². The van der Waals surface area contributed by atoms with Crippen molar-refractivity contribution in [2.24, 2.45) is 0 Å². The van der Waals surface area contributed by atoms with Crippen LogP contribution in [0, 0.1) is 0 Å². The first kappa shape index (κ1) is 17.0. The summed E-state index contributed by atoms with van der Waals surface area (Å²) in [4.78, 5) is 12.2. The molecule has 0 unspecified atom stereocenters. The van der Waals surface area contributed by atoms with Crippen LogP contribution in [0.2, 0.25) is 5.02 Å². The van der Waals surface area contributed by atoms with Crippen LogP contribution in [0.5, 0.6) is 0 Å². The molecule has 1 amide bonds. The molecule has 1 aliphatic heterocycles. The molecule has 0 saturated carbocycles. The van der Waals surface area contributed by atoms with Crippen molar-refractivity contribution in [3.63, 3.8) is 0 Å². The summed E-state index contributed by atoms with van der Waals surface area (Å²) in [7, 11) is 0. The van der Waals surface area contributed by atoms with Gasteiger partial charge in [-0.15, -0.1) is 0 Å². The molecule has 3 rings (SSSR count). The van der Waals surface area contributed by atoms with Gasteiger partial charge in [0.1, 0.15) is 0 Å². The lowest BCUT2D eigenvalue weighted by Gasteiger charge is -2.18. The minimum absolute atomic E-state index is 0.0748. The van der Waals surface area contributed by atoms with Gasteiger partial charge in [-0.25, -0.2) is 0 Å². The molecule has 0 bridgehead atoms. The Morgan fingerprint density at radius 2 is 1.96 bits per heavy atom. The summed E-state index contributed by atoms with van der Waals surface area (Å²) in [5, 5.41) is 16.2. The predicted molar refractivity (Wildman–Crippen MR) is 95.9 cm³/mol. The first-order valence-electron chi connectivity index (χ1n) is 8.11. The number of rotatable bonds is 4. The third-order valence-corrected chi connectivity index (χ3v) is 4.71. The van der Waals surface area contributed by atoms with E-state index in [0.717, 1.165) is 21.7 Å². The number of aliphatic hydroxyl groups is 1. The Morgan fingerprint density at radius 3 is 2.58 bits per heavy atom. The molecule has 5 heteroatoms. The molecule has 0 aliphatic carbocycles. The molecule has 0 radical (unpaired) electrons. The van der Waals surface area contributed by atoms with Gasteiger partial charge in [0.25, 0.3) is 0 Å². The van der Waals surface area contributed by atoms with E-state index in [0.29, 0.717) is 13.0 Å². The van der Waals surface area contributed by atoms with E-state index in [2.05, 4.69) is 10.6 Å². The third-order valence-electron chi connectivity index (χ3n) is 4.38. The largest absolute Gasteiger partial charge is 0.392 e. The molecule has 3 N–H and O–H groups in total. The van der Waals surface area contributed by atoms with Gasteiger partial charge in [-0.3, -0.25) is 4.79 Å². The first-order valence-corrected chi connectivity index (χ1v) is 8.49. The molecule has 1 fully saturated rings. The highest BCUT2D eigenvalue weighted by molar-refractivity contribution is 6.33. The minimum atomic E-state index is -0.439. The van der Waals surface area contributed by atoms with Gasteiger partial charge in [-0.2, -0.15) is 0 Å². The summed E-state index contributed by atoms with van der Waals surface area (Å²) in [5.74, 6) is -0.0748. The number of halogens is 1. The normalized spacial score (nSPS) is 21.5. The fraction of sp³-hybridized carbons (Fsp3) is 0.316. The van der Waals surface area contributed by atoms with E-state index in [4.69, 9.17) is 11.6 Å². The number of benzene rings is 2. The fourth-order valence-electron chi connectivity index (χ4n) is 2.96. The Kier molecular flexibility index (Phi) is 5.19. The van der Waals surface area contributed by atoms with E-state index in [1.54, 1.807) is 0 Å². The molecule has 1 aliphatic rings. The van der Waals surface area contributed by atoms with Gasteiger partial charge in [0.2, 0.25) is 5.91 Å². The van der Waals surface area contributed by atoms with Gasteiger partial charge in [-0.1, -0.05) is 54.1 Å². The zero-order valence-corrected chi connectivity index (χ0v) is 14.3. The van der Waals surface area contributed by atoms with Crippen LogP contribution in [0.3, 0.4) is 0 Å². The number of hydrogen-bond donors (Lipinski definition) is 3. The number of amides is 1. The van der Waals surface area contributed by atoms with Crippen LogP contribution >= 0.6 is 11.6 Å². The fourth-order valence-corrected chi connectivity index (χ4v) is 3.21. The van der Waals surface area contributed by atoms with E-state index < -0.39 is 6.10 Å². The number of β-amino-alcohol motifs (C(OH)–C–C–N with tert-alkyl or cyclic N) is 1. The highest BCUT2D eigenvalue weighted by Gasteiger charge is 2.28. The molecule has 3 atom stereocenters. The molecular formula is C19H21ClN2O2. The van der Waals surface area contributed by atoms with Crippen LogP contribution in [0.1, 0.15) is 24.9 Å². The maximum atomic E-state index is 12.2. The highest BCUT2D eigenvalue weighted by atomic mass is 35.5. The Labute approximate surface area is 146 Å². The van der Waals surface area contributed by atoms with Crippen LogP contribution < -0.4 is 10.6 Å². The Hall–Kier alpha value is -1.88. The molecule has 0 aromatic heterocycles. The van der Waals surface area contributed by atoms with Crippen LogP contribution in [0.25, 0.3) is 11.1 Å². The second-order valence-corrected chi connectivity index (χ2v) is 6.59.